The van der Waals surface area contributed by atoms with Gasteiger partial charge in [0.2, 0.25) is 0 Å². The van der Waals surface area contributed by atoms with Gasteiger partial charge in [0.25, 0.3) is 5.78 Å². The number of nitrogens with zero attached hydrogens (tertiary/aromatic N) is 3. The van der Waals surface area contributed by atoms with E-state index in [2.05, 4.69) is 17.2 Å². The third-order valence-electron chi connectivity index (χ3n) is 2.52. The highest BCUT2D eigenvalue weighted by molar-refractivity contribution is 5.98. The fraction of sp³-hybridized carbons (Fsp3) is 0.727. The van der Waals surface area contributed by atoms with E-state index >= 15 is 0 Å². The van der Waals surface area contributed by atoms with Gasteiger partial charge < -0.3 is 0 Å². The van der Waals surface area contributed by atoms with Crippen molar-refractivity contribution in [2.24, 2.45) is 0 Å². The van der Waals surface area contributed by atoms with Crippen molar-refractivity contribution in [3.05, 3.63) is 11.9 Å². The predicted octanol–water partition coefficient (Wildman–Crippen LogP) is 2.99. The second-order valence-electron chi connectivity index (χ2n) is 4.11. The second-order valence-corrected chi connectivity index (χ2v) is 4.11. The van der Waals surface area contributed by atoms with Crippen molar-refractivity contribution in [3.8, 4) is 0 Å². The molecule has 7 heteroatoms. The zero-order chi connectivity index (χ0) is 13.6. The Labute approximate surface area is 103 Å². The molecule has 1 aromatic rings. The van der Waals surface area contributed by atoms with Gasteiger partial charge in [-0.3, -0.25) is 9.48 Å². The molecular formula is C11H16F3N3O. The van der Waals surface area contributed by atoms with Crippen molar-refractivity contribution in [2.75, 3.05) is 0 Å². The zero-order valence-electron chi connectivity index (χ0n) is 10.2. The van der Waals surface area contributed by atoms with Gasteiger partial charge >= 0.3 is 6.18 Å². The van der Waals surface area contributed by atoms with Crippen LogP contribution in [-0.4, -0.2) is 27.0 Å². The molecule has 0 fully saturated rings. The van der Waals surface area contributed by atoms with Gasteiger partial charge in [-0.25, -0.2) is 0 Å². The normalized spacial score (nSPS) is 11.8. The maximum atomic E-state index is 12.1. The van der Waals surface area contributed by atoms with Crippen LogP contribution in [0, 0.1) is 0 Å². The topological polar surface area (TPSA) is 47.8 Å². The Balaban J connectivity index is 2.42. The predicted molar refractivity (Wildman–Crippen MR) is 59.2 cm³/mol. The van der Waals surface area contributed by atoms with Gasteiger partial charge in [0.05, 0.1) is 6.20 Å². The summed E-state index contributed by atoms with van der Waals surface area (Å²) >= 11 is 0. The lowest BCUT2D eigenvalue weighted by molar-refractivity contribution is -0.0888. The molecule has 0 aliphatic heterocycles. The molecule has 18 heavy (non-hydrogen) atoms. The number of hydrogen-bond acceptors (Lipinski definition) is 3. The van der Waals surface area contributed by atoms with Gasteiger partial charge in [-0.15, -0.1) is 5.10 Å². The summed E-state index contributed by atoms with van der Waals surface area (Å²) in [5.74, 6) is -1.94. The molecule has 1 rings (SSSR count). The van der Waals surface area contributed by atoms with Crippen LogP contribution in [-0.2, 0) is 6.54 Å². The molecule has 0 bridgehead atoms. The van der Waals surface area contributed by atoms with Crippen molar-refractivity contribution in [1.29, 1.82) is 0 Å². The summed E-state index contributed by atoms with van der Waals surface area (Å²) in [6, 6.07) is 0. The van der Waals surface area contributed by atoms with Crippen LogP contribution < -0.4 is 0 Å². The summed E-state index contributed by atoms with van der Waals surface area (Å²) in [6.45, 7) is 2.59. The largest absolute Gasteiger partial charge is 0.456 e. The summed E-state index contributed by atoms with van der Waals surface area (Å²) in [5, 5.41) is 6.76. The zero-order valence-corrected chi connectivity index (χ0v) is 10.2. The van der Waals surface area contributed by atoms with Gasteiger partial charge in [0.15, 0.2) is 5.69 Å². The van der Waals surface area contributed by atoms with E-state index in [0.717, 1.165) is 38.3 Å². The van der Waals surface area contributed by atoms with Gasteiger partial charge in [0.1, 0.15) is 0 Å². The lowest BCUT2D eigenvalue weighted by atomic mass is 10.1. The number of halogens is 3. The number of unbranched alkanes of at least 4 members (excludes halogenated alkanes) is 4. The lowest BCUT2D eigenvalue weighted by Gasteiger charge is -2.01. The minimum absolute atomic E-state index is 0.488. The Bertz CT molecular complexity index is 387. The minimum Gasteiger partial charge on any atom is -0.282 e. The number of rotatable bonds is 7. The molecule has 0 N–H and O–H groups in total. The van der Waals surface area contributed by atoms with Crippen molar-refractivity contribution in [2.45, 2.75) is 51.7 Å². The van der Waals surface area contributed by atoms with E-state index in [-0.39, 0.29) is 0 Å². The van der Waals surface area contributed by atoms with E-state index in [1.54, 1.807) is 0 Å². The molecule has 1 aromatic heterocycles. The summed E-state index contributed by atoms with van der Waals surface area (Å²) in [6.07, 6.45) is 1.36. The Morgan fingerprint density at radius 2 is 1.94 bits per heavy atom. The molecule has 0 atom stereocenters. The van der Waals surface area contributed by atoms with E-state index in [0.29, 0.717) is 6.54 Å². The summed E-state index contributed by atoms with van der Waals surface area (Å²) < 4.78 is 37.6. The molecule has 0 spiro atoms. The molecule has 0 radical (unpaired) electrons. The number of ketones is 1. The number of aryl methyl sites for hydroxylation is 1. The monoisotopic (exact) mass is 263 g/mol. The lowest BCUT2D eigenvalue weighted by Crippen LogP contribution is -2.23. The molecule has 0 amide bonds. The first-order valence-corrected chi connectivity index (χ1v) is 5.96. The van der Waals surface area contributed by atoms with Crippen LogP contribution in [0.5, 0.6) is 0 Å². The smallest absolute Gasteiger partial charge is 0.282 e. The van der Waals surface area contributed by atoms with E-state index in [9.17, 15) is 18.0 Å². The van der Waals surface area contributed by atoms with E-state index in [1.807, 2.05) is 0 Å². The average Bonchev–Trinajstić information content (AvgIpc) is 2.75. The number of alkyl halides is 3. The van der Waals surface area contributed by atoms with Crippen molar-refractivity contribution in [3.63, 3.8) is 0 Å². The number of aromatic nitrogens is 3. The first-order chi connectivity index (χ1) is 8.45. The maximum absolute atomic E-state index is 12.1. The van der Waals surface area contributed by atoms with E-state index in [4.69, 9.17) is 0 Å². The highest BCUT2D eigenvalue weighted by Gasteiger charge is 2.41. The molecule has 1 heterocycles. The molecule has 0 saturated carbocycles. The summed E-state index contributed by atoms with van der Waals surface area (Å²) in [5.41, 5.74) is -0.643. The Morgan fingerprint density at radius 3 is 2.56 bits per heavy atom. The van der Waals surface area contributed by atoms with Crippen LogP contribution in [0.1, 0.15) is 49.5 Å². The van der Waals surface area contributed by atoms with Crippen molar-refractivity contribution in [1.82, 2.24) is 15.0 Å². The fourth-order valence-electron chi connectivity index (χ4n) is 1.53. The number of hydrogen-bond donors (Lipinski definition) is 0. The summed E-state index contributed by atoms with van der Waals surface area (Å²) in [7, 11) is 0. The highest BCUT2D eigenvalue weighted by Crippen LogP contribution is 2.19. The Kier molecular flexibility index (Phi) is 5.30. The third kappa shape index (κ3) is 4.46. The number of carbonyl (C=O) groups is 1. The van der Waals surface area contributed by atoms with Crippen LogP contribution >= 0.6 is 0 Å². The molecular weight excluding hydrogens is 247 g/mol. The van der Waals surface area contributed by atoms with Gasteiger partial charge in [-0.2, -0.15) is 13.2 Å². The van der Waals surface area contributed by atoms with Crippen LogP contribution in [0.25, 0.3) is 0 Å². The first kappa shape index (κ1) is 14.7. The number of Topliss-reactive ketones (excluding diaryl/α,β-unsaturated/α-hetero) is 1. The molecule has 0 saturated heterocycles. The SMILES string of the molecule is CCCCCCCn1cc(C(=O)C(F)(F)F)nn1. The van der Waals surface area contributed by atoms with Gasteiger partial charge in [0, 0.05) is 6.54 Å². The van der Waals surface area contributed by atoms with Crippen molar-refractivity contribution < 1.29 is 18.0 Å². The first-order valence-electron chi connectivity index (χ1n) is 5.96. The maximum Gasteiger partial charge on any atom is 0.456 e. The van der Waals surface area contributed by atoms with E-state index < -0.39 is 17.7 Å². The second kappa shape index (κ2) is 6.51. The van der Waals surface area contributed by atoms with Gasteiger partial charge in [-0.1, -0.05) is 37.8 Å². The quantitative estimate of drug-likeness (QED) is 0.561. The van der Waals surface area contributed by atoms with Crippen LogP contribution in [0.3, 0.4) is 0 Å². The van der Waals surface area contributed by atoms with Crippen LogP contribution in [0.4, 0.5) is 13.2 Å². The molecule has 0 aromatic carbocycles. The highest BCUT2D eigenvalue weighted by atomic mass is 19.4. The van der Waals surface area contributed by atoms with Crippen LogP contribution in [0.2, 0.25) is 0 Å². The average molecular weight is 263 g/mol. The van der Waals surface area contributed by atoms with Gasteiger partial charge in [-0.05, 0) is 6.42 Å². The minimum atomic E-state index is -4.89. The Hall–Kier alpha value is -1.40. The van der Waals surface area contributed by atoms with Crippen molar-refractivity contribution >= 4 is 5.78 Å². The third-order valence-corrected chi connectivity index (χ3v) is 2.52. The molecule has 0 aliphatic carbocycles. The van der Waals surface area contributed by atoms with E-state index in [1.165, 1.54) is 4.68 Å². The van der Waals surface area contributed by atoms with Crippen LogP contribution in [0.15, 0.2) is 6.20 Å². The molecule has 102 valence electrons. The fourth-order valence-corrected chi connectivity index (χ4v) is 1.53. The number of carbonyl (C=O) groups excluding carboxylic acids is 1. The standard InChI is InChI=1S/C11H16F3N3O/c1-2-3-4-5-6-7-17-8-9(15-16-17)10(18)11(12,13)14/h8H,2-7H2,1H3. The molecule has 0 aliphatic rings. The molecule has 4 nitrogen and oxygen atoms in total. The Morgan fingerprint density at radius 1 is 1.28 bits per heavy atom. The molecule has 0 unspecified atom stereocenters. The summed E-state index contributed by atoms with van der Waals surface area (Å²) in [4.78, 5) is 10.9.